The van der Waals surface area contributed by atoms with Gasteiger partial charge in [0.15, 0.2) is 18.1 Å². The molecule has 1 aromatic carbocycles. The second kappa shape index (κ2) is 10.1. The van der Waals surface area contributed by atoms with Crippen LogP contribution in [0.4, 0.5) is 0 Å². The predicted octanol–water partition coefficient (Wildman–Crippen LogP) is -0.0260. The van der Waals surface area contributed by atoms with Crippen LogP contribution < -0.4 is 26.0 Å². The molecule has 2 aromatic rings. The molecule has 0 fully saturated rings. The maximum atomic E-state index is 12.0. The molecule has 0 unspecified atom stereocenters. The van der Waals surface area contributed by atoms with Gasteiger partial charge in [0, 0.05) is 32.9 Å². The van der Waals surface area contributed by atoms with Crippen molar-refractivity contribution in [3.63, 3.8) is 0 Å². The van der Waals surface area contributed by atoms with Crippen LogP contribution >= 0.6 is 0 Å². The summed E-state index contributed by atoms with van der Waals surface area (Å²) in [4.78, 5) is 47.3. The molecular formula is C20H23N3O7. The molecule has 1 aromatic heterocycles. The standard InChI is InChI=1S/C20H23N3O7/c1-22-11-14(19(26)23(2)20(22)27)6-8-18(25)30-12-17(24)21-10-13-5-7-15(28-3)16(9-13)29-4/h5-9,11H,10,12H2,1-4H3,(H,21,24)/b8-6+. The van der Waals surface area contributed by atoms with E-state index in [4.69, 9.17) is 14.2 Å². The highest BCUT2D eigenvalue weighted by Crippen LogP contribution is 2.27. The minimum atomic E-state index is -0.799. The largest absolute Gasteiger partial charge is 0.493 e. The molecule has 160 valence electrons. The minimum Gasteiger partial charge on any atom is -0.493 e. The van der Waals surface area contributed by atoms with E-state index in [1.165, 1.54) is 45.2 Å². The molecule has 2 rings (SSSR count). The van der Waals surface area contributed by atoms with Crippen molar-refractivity contribution in [2.45, 2.75) is 6.54 Å². The third-order valence-electron chi connectivity index (χ3n) is 4.16. The van der Waals surface area contributed by atoms with Gasteiger partial charge in [-0.05, 0) is 23.8 Å². The molecule has 1 N–H and O–H groups in total. The van der Waals surface area contributed by atoms with Gasteiger partial charge in [0.05, 0.1) is 19.8 Å². The van der Waals surface area contributed by atoms with E-state index >= 15 is 0 Å². The van der Waals surface area contributed by atoms with E-state index < -0.39 is 29.7 Å². The Morgan fingerprint density at radius 1 is 1.10 bits per heavy atom. The van der Waals surface area contributed by atoms with Gasteiger partial charge in [-0.2, -0.15) is 0 Å². The molecule has 0 atom stereocenters. The lowest BCUT2D eigenvalue weighted by Gasteiger charge is -2.10. The van der Waals surface area contributed by atoms with Gasteiger partial charge in [0.1, 0.15) is 0 Å². The quantitative estimate of drug-likeness (QED) is 0.474. The Bertz CT molecular complexity index is 1080. The number of nitrogens with one attached hydrogen (secondary N) is 1. The number of hydrogen-bond acceptors (Lipinski definition) is 7. The molecule has 1 amide bonds. The number of rotatable bonds is 8. The van der Waals surface area contributed by atoms with Crippen molar-refractivity contribution in [1.82, 2.24) is 14.5 Å². The van der Waals surface area contributed by atoms with Crippen molar-refractivity contribution in [2.24, 2.45) is 14.1 Å². The number of benzene rings is 1. The smallest absolute Gasteiger partial charge is 0.331 e. The molecule has 10 nitrogen and oxygen atoms in total. The lowest BCUT2D eigenvalue weighted by atomic mass is 10.2. The van der Waals surface area contributed by atoms with Crippen molar-refractivity contribution in [1.29, 1.82) is 0 Å². The number of hydrogen-bond donors (Lipinski definition) is 1. The lowest BCUT2D eigenvalue weighted by Crippen LogP contribution is -2.37. The monoisotopic (exact) mass is 417 g/mol. The first-order valence-electron chi connectivity index (χ1n) is 8.86. The van der Waals surface area contributed by atoms with Crippen molar-refractivity contribution in [2.75, 3.05) is 20.8 Å². The van der Waals surface area contributed by atoms with Gasteiger partial charge in [-0.15, -0.1) is 0 Å². The SMILES string of the molecule is COc1ccc(CNC(=O)COC(=O)/C=C/c2cn(C)c(=O)n(C)c2=O)cc1OC. The van der Waals surface area contributed by atoms with E-state index in [9.17, 15) is 19.2 Å². The Labute approximate surface area is 172 Å². The summed E-state index contributed by atoms with van der Waals surface area (Å²) >= 11 is 0. The molecule has 0 saturated heterocycles. The van der Waals surface area contributed by atoms with Gasteiger partial charge < -0.3 is 24.1 Å². The number of ether oxygens (including phenoxy) is 3. The van der Waals surface area contributed by atoms with Gasteiger partial charge in [0.25, 0.3) is 11.5 Å². The van der Waals surface area contributed by atoms with Crippen LogP contribution in [0.15, 0.2) is 40.1 Å². The highest BCUT2D eigenvalue weighted by molar-refractivity contribution is 5.89. The predicted molar refractivity (Wildman–Crippen MR) is 108 cm³/mol. The van der Waals surface area contributed by atoms with Crippen LogP contribution in [-0.4, -0.2) is 41.8 Å². The number of carbonyl (C=O) groups is 2. The Morgan fingerprint density at radius 2 is 1.80 bits per heavy atom. The zero-order chi connectivity index (χ0) is 22.3. The number of nitrogens with zero attached hydrogens (tertiary/aromatic N) is 2. The molecule has 0 aliphatic heterocycles. The normalized spacial score (nSPS) is 10.7. The molecule has 1 heterocycles. The van der Waals surface area contributed by atoms with Gasteiger partial charge >= 0.3 is 11.7 Å². The van der Waals surface area contributed by atoms with E-state index in [0.717, 1.165) is 16.2 Å². The Morgan fingerprint density at radius 3 is 2.47 bits per heavy atom. The van der Waals surface area contributed by atoms with Crippen LogP contribution in [0.2, 0.25) is 0 Å². The molecule has 30 heavy (non-hydrogen) atoms. The summed E-state index contributed by atoms with van der Waals surface area (Å²) in [5.74, 6) is -0.191. The maximum absolute atomic E-state index is 12.0. The average Bonchev–Trinajstić information content (AvgIpc) is 2.75. The fourth-order valence-corrected chi connectivity index (χ4v) is 2.54. The zero-order valence-corrected chi connectivity index (χ0v) is 17.1. The van der Waals surface area contributed by atoms with E-state index in [-0.39, 0.29) is 12.1 Å². The molecule has 0 aliphatic rings. The third-order valence-corrected chi connectivity index (χ3v) is 4.16. The summed E-state index contributed by atoms with van der Waals surface area (Å²) in [6, 6.07) is 5.21. The first kappa shape index (κ1) is 22.5. The maximum Gasteiger partial charge on any atom is 0.331 e. The van der Waals surface area contributed by atoms with Crippen LogP contribution in [0.1, 0.15) is 11.1 Å². The molecule has 0 saturated carbocycles. The molecule has 0 bridgehead atoms. The number of esters is 1. The van der Waals surface area contributed by atoms with Crippen molar-refractivity contribution in [3.8, 4) is 11.5 Å². The Hall–Kier alpha value is -3.82. The van der Waals surface area contributed by atoms with Crippen LogP contribution in [0, 0.1) is 0 Å². The molecular weight excluding hydrogens is 394 g/mol. The average molecular weight is 417 g/mol. The highest BCUT2D eigenvalue weighted by atomic mass is 16.5. The van der Waals surface area contributed by atoms with Crippen molar-refractivity contribution >= 4 is 18.0 Å². The van der Waals surface area contributed by atoms with E-state index in [1.54, 1.807) is 18.2 Å². The fourth-order valence-electron chi connectivity index (χ4n) is 2.54. The van der Waals surface area contributed by atoms with Gasteiger partial charge in [-0.3, -0.25) is 14.2 Å². The van der Waals surface area contributed by atoms with Gasteiger partial charge in [-0.25, -0.2) is 9.59 Å². The fraction of sp³-hybridized carbons (Fsp3) is 0.300. The second-order valence-electron chi connectivity index (χ2n) is 6.25. The summed E-state index contributed by atoms with van der Waals surface area (Å²) < 4.78 is 17.3. The molecule has 0 aliphatic carbocycles. The second-order valence-corrected chi connectivity index (χ2v) is 6.25. The number of aromatic nitrogens is 2. The summed E-state index contributed by atoms with van der Waals surface area (Å²) in [7, 11) is 5.86. The van der Waals surface area contributed by atoms with E-state index in [2.05, 4.69) is 5.32 Å². The number of carbonyl (C=O) groups excluding carboxylic acids is 2. The van der Waals surface area contributed by atoms with Crippen molar-refractivity contribution in [3.05, 3.63) is 62.4 Å². The summed E-state index contributed by atoms with van der Waals surface area (Å²) in [6.07, 6.45) is 3.55. The molecule has 0 radical (unpaired) electrons. The number of methoxy groups -OCH3 is 2. The molecule has 10 heteroatoms. The number of aryl methyl sites for hydroxylation is 1. The zero-order valence-electron chi connectivity index (χ0n) is 17.1. The van der Waals surface area contributed by atoms with Crippen LogP contribution in [-0.2, 0) is 35.0 Å². The first-order valence-corrected chi connectivity index (χ1v) is 8.86. The topological polar surface area (TPSA) is 118 Å². The lowest BCUT2D eigenvalue weighted by molar-refractivity contribution is -0.143. The Kier molecular flexibility index (Phi) is 7.56. The van der Waals surface area contributed by atoms with Crippen LogP contribution in [0.5, 0.6) is 11.5 Å². The Balaban J connectivity index is 1.88. The number of amides is 1. The summed E-state index contributed by atoms with van der Waals surface area (Å²) in [5, 5.41) is 2.62. The minimum absolute atomic E-state index is 0.134. The van der Waals surface area contributed by atoms with Gasteiger partial charge in [0.2, 0.25) is 0 Å². The van der Waals surface area contributed by atoms with Crippen LogP contribution in [0.25, 0.3) is 6.08 Å². The van der Waals surface area contributed by atoms with Gasteiger partial charge in [-0.1, -0.05) is 6.07 Å². The van der Waals surface area contributed by atoms with E-state index in [0.29, 0.717) is 11.5 Å². The van der Waals surface area contributed by atoms with Crippen molar-refractivity contribution < 1.29 is 23.8 Å². The molecule has 0 spiro atoms. The summed E-state index contributed by atoms with van der Waals surface area (Å²) in [6.45, 7) is -0.275. The third kappa shape index (κ3) is 5.60. The first-order chi connectivity index (χ1) is 14.3. The highest BCUT2D eigenvalue weighted by Gasteiger charge is 2.09. The van der Waals surface area contributed by atoms with Crippen LogP contribution in [0.3, 0.4) is 0 Å². The van der Waals surface area contributed by atoms with E-state index in [1.807, 2.05) is 0 Å². The summed E-state index contributed by atoms with van der Waals surface area (Å²) in [5.41, 5.74) is -0.118.